The number of fused-ring (bicyclic) bond motifs is 1. The molecular formula is C20H28N4O4S. The van der Waals surface area contributed by atoms with Crippen LogP contribution in [0.4, 0.5) is 0 Å². The number of aryl methyl sites for hydroxylation is 2. The molecule has 0 N–H and O–H groups in total. The van der Waals surface area contributed by atoms with Gasteiger partial charge in [0, 0.05) is 38.3 Å². The first-order valence-electron chi connectivity index (χ1n) is 9.88. The molecule has 29 heavy (non-hydrogen) atoms. The van der Waals surface area contributed by atoms with Gasteiger partial charge in [0.05, 0.1) is 23.3 Å². The summed E-state index contributed by atoms with van der Waals surface area (Å²) in [5.74, 6) is 0.243. The number of thioether (sulfide) groups is 1. The number of ether oxygens (including phenoxy) is 1. The number of aromatic nitrogens is 3. The van der Waals surface area contributed by atoms with Gasteiger partial charge in [0.1, 0.15) is 5.65 Å². The molecule has 1 aliphatic rings. The van der Waals surface area contributed by atoms with E-state index < -0.39 is 5.69 Å². The Labute approximate surface area is 173 Å². The van der Waals surface area contributed by atoms with Crippen LogP contribution >= 0.6 is 11.8 Å². The minimum absolute atomic E-state index is 0.00641. The highest BCUT2D eigenvalue weighted by atomic mass is 32.2. The lowest BCUT2D eigenvalue weighted by Crippen LogP contribution is -2.48. The SMILES string of the molecule is CCCc1cnc2c(c1SCC(=O)N1CC(C)OC(C)C1)c(=O)n(C)c(=O)n2C. The fraction of sp³-hybridized carbons (Fsp3) is 0.600. The maximum Gasteiger partial charge on any atom is 0.332 e. The van der Waals surface area contributed by atoms with Crippen LogP contribution in [0, 0.1) is 0 Å². The molecule has 2 atom stereocenters. The smallest absolute Gasteiger partial charge is 0.332 e. The Balaban J connectivity index is 1.99. The fourth-order valence-electron chi connectivity index (χ4n) is 3.76. The molecule has 3 rings (SSSR count). The highest BCUT2D eigenvalue weighted by Gasteiger charge is 2.26. The van der Waals surface area contributed by atoms with Gasteiger partial charge in [0.15, 0.2) is 0 Å². The number of morpholine rings is 1. The van der Waals surface area contributed by atoms with E-state index in [-0.39, 0.29) is 29.4 Å². The summed E-state index contributed by atoms with van der Waals surface area (Å²) in [5, 5.41) is 0.405. The van der Waals surface area contributed by atoms with E-state index in [1.807, 2.05) is 18.7 Å². The van der Waals surface area contributed by atoms with Crippen molar-refractivity contribution in [3.05, 3.63) is 32.6 Å². The molecule has 1 saturated heterocycles. The van der Waals surface area contributed by atoms with Crippen molar-refractivity contribution in [3.8, 4) is 0 Å². The largest absolute Gasteiger partial charge is 0.372 e. The van der Waals surface area contributed by atoms with Crippen LogP contribution in [0.15, 0.2) is 20.7 Å². The number of amides is 1. The number of pyridine rings is 1. The van der Waals surface area contributed by atoms with E-state index in [1.54, 1.807) is 13.2 Å². The molecule has 2 aromatic rings. The molecule has 0 spiro atoms. The zero-order valence-corrected chi connectivity index (χ0v) is 18.4. The molecular weight excluding hydrogens is 392 g/mol. The molecule has 2 aromatic heterocycles. The summed E-state index contributed by atoms with van der Waals surface area (Å²) in [4.78, 5) is 44.9. The number of carbonyl (C=O) groups excluding carboxylic acids is 1. The van der Waals surface area contributed by atoms with Crippen molar-refractivity contribution in [1.82, 2.24) is 19.0 Å². The molecule has 0 bridgehead atoms. The summed E-state index contributed by atoms with van der Waals surface area (Å²) in [6, 6.07) is 0. The van der Waals surface area contributed by atoms with Crippen LogP contribution in [0.3, 0.4) is 0 Å². The van der Waals surface area contributed by atoms with Crippen molar-refractivity contribution in [2.24, 2.45) is 14.1 Å². The second kappa shape index (κ2) is 8.71. The van der Waals surface area contributed by atoms with Crippen molar-refractivity contribution in [2.75, 3.05) is 18.8 Å². The Bertz CT molecular complexity index is 1040. The molecule has 1 fully saturated rings. The van der Waals surface area contributed by atoms with E-state index >= 15 is 0 Å². The van der Waals surface area contributed by atoms with Gasteiger partial charge in [-0.15, -0.1) is 11.8 Å². The first kappa shape index (κ1) is 21.6. The fourth-order valence-corrected chi connectivity index (χ4v) is 4.87. The number of nitrogens with zero attached hydrogens (tertiary/aromatic N) is 4. The molecule has 0 aromatic carbocycles. The van der Waals surface area contributed by atoms with Crippen LogP contribution in [-0.2, 0) is 30.0 Å². The van der Waals surface area contributed by atoms with Gasteiger partial charge >= 0.3 is 5.69 Å². The molecule has 8 nitrogen and oxygen atoms in total. The van der Waals surface area contributed by atoms with E-state index in [0.29, 0.717) is 24.1 Å². The van der Waals surface area contributed by atoms with Gasteiger partial charge in [0.25, 0.3) is 5.56 Å². The molecule has 2 unspecified atom stereocenters. The Morgan fingerprint density at radius 2 is 1.86 bits per heavy atom. The Morgan fingerprint density at radius 1 is 1.21 bits per heavy atom. The predicted octanol–water partition coefficient (Wildman–Crippen LogP) is 1.31. The van der Waals surface area contributed by atoms with E-state index in [2.05, 4.69) is 11.9 Å². The van der Waals surface area contributed by atoms with Crippen molar-refractivity contribution in [3.63, 3.8) is 0 Å². The van der Waals surface area contributed by atoms with Gasteiger partial charge in [-0.1, -0.05) is 13.3 Å². The van der Waals surface area contributed by atoms with Crippen LogP contribution in [0.5, 0.6) is 0 Å². The molecule has 0 aliphatic carbocycles. The van der Waals surface area contributed by atoms with Crippen molar-refractivity contribution >= 4 is 28.7 Å². The van der Waals surface area contributed by atoms with Gasteiger partial charge in [-0.2, -0.15) is 0 Å². The normalized spacial score (nSPS) is 19.7. The number of hydrogen-bond acceptors (Lipinski definition) is 6. The van der Waals surface area contributed by atoms with E-state index in [4.69, 9.17) is 4.74 Å². The lowest BCUT2D eigenvalue weighted by Gasteiger charge is -2.35. The molecule has 0 radical (unpaired) electrons. The standard InChI is InChI=1S/C20H28N4O4S/c1-6-7-14-8-21-18-16(19(26)23(5)20(27)22(18)4)17(14)29-11-15(25)24-9-12(2)28-13(3)10-24/h8,12-13H,6-7,9-11H2,1-5H3. The number of carbonyl (C=O) groups is 1. The summed E-state index contributed by atoms with van der Waals surface area (Å²) in [5.41, 5.74) is 0.484. The lowest BCUT2D eigenvalue weighted by molar-refractivity contribution is -0.140. The second-order valence-corrected chi connectivity index (χ2v) is 8.60. The summed E-state index contributed by atoms with van der Waals surface area (Å²) in [6.45, 7) is 7.11. The predicted molar refractivity (Wildman–Crippen MR) is 114 cm³/mol. The average molecular weight is 421 g/mol. The van der Waals surface area contributed by atoms with Crippen LogP contribution in [-0.4, -0.2) is 56.0 Å². The molecule has 1 aliphatic heterocycles. The van der Waals surface area contributed by atoms with Crippen molar-refractivity contribution < 1.29 is 9.53 Å². The van der Waals surface area contributed by atoms with Gasteiger partial charge in [-0.25, -0.2) is 9.78 Å². The zero-order chi connectivity index (χ0) is 21.3. The Kier molecular flexibility index (Phi) is 6.48. The van der Waals surface area contributed by atoms with Gasteiger partial charge in [-0.05, 0) is 25.8 Å². The zero-order valence-electron chi connectivity index (χ0n) is 17.6. The summed E-state index contributed by atoms with van der Waals surface area (Å²) >= 11 is 1.36. The lowest BCUT2D eigenvalue weighted by atomic mass is 10.1. The van der Waals surface area contributed by atoms with Gasteiger partial charge in [0.2, 0.25) is 5.91 Å². The maximum absolute atomic E-state index is 12.9. The Hall–Kier alpha value is -2.13. The van der Waals surface area contributed by atoms with Gasteiger partial charge in [-0.3, -0.25) is 18.7 Å². The summed E-state index contributed by atoms with van der Waals surface area (Å²) < 4.78 is 8.18. The van der Waals surface area contributed by atoms with Crippen molar-refractivity contribution in [2.45, 2.75) is 50.7 Å². The quantitative estimate of drug-likeness (QED) is 0.678. The van der Waals surface area contributed by atoms with Crippen LogP contribution < -0.4 is 11.2 Å². The third kappa shape index (κ3) is 4.25. The molecule has 3 heterocycles. The monoisotopic (exact) mass is 420 g/mol. The molecule has 1 amide bonds. The van der Waals surface area contributed by atoms with E-state index in [0.717, 1.165) is 27.9 Å². The summed E-state index contributed by atoms with van der Waals surface area (Å²) in [6.07, 6.45) is 3.37. The number of hydrogen-bond donors (Lipinski definition) is 0. The summed E-state index contributed by atoms with van der Waals surface area (Å²) in [7, 11) is 3.07. The van der Waals surface area contributed by atoms with E-state index in [9.17, 15) is 14.4 Å². The second-order valence-electron chi connectivity index (χ2n) is 7.61. The Morgan fingerprint density at radius 3 is 2.48 bits per heavy atom. The highest BCUT2D eigenvalue weighted by Crippen LogP contribution is 2.29. The number of rotatable bonds is 5. The third-order valence-electron chi connectivity index (χ3n) is 5.13. The first-order valence-corrected chi connectivity index (χ1v) is 10.9. The maximum atomic E-state index is 12.9. The molecule has 9 heteroatoms. The van der Waals surface area contributed by atoms with E-state index in [1.165, 1.54) is 23.4 Å². The van der Waals surface area contributed by atoms with Crippen LogP contribution in [0.2, 0.25) is 0 Å². The van der Waals surface area contributed by atoms with Gasteiger partial charge < -0.3 is 9.64 Å². The minimum Gasteiger partial charge on any atom is -0.372 e. The highest BCUT2D eigenvalue weighted by molar-refractivity contribution is 8.00. The topological polar surface area (TPSA) is 86.4 Å². The molecule has 0 saturated carbocycles. The molecule has 158 valence electrons. The van der Waals surface area contributed by atoms with Crippen LogP contribution in [0.1, 0.15) is 32.8 Å². The minimum atomic E-state index is -0.415. The van der Waals surface area contributed by atoms with Crippen molar-refractivity contribution in [1.29, 1.82) is 0 Å². The average Bonchev–Trinajstić information content (AvgIpc) is 2.68. The van der Waals surface area contributed by atoms with Crippen LogP contribution in [0.25, 0.3) is 11.0 Å². The first-order chi connectivity index (χ1) is 13.7. The third-order valence-corrected chi connectivity index (χ3v) is 6.27.